The van der Waals surface area contributed by atoms with Gasteiger partial charge >= 0.3 is 5.97 Å². The van der Waals surface area contributed by atoms with Gasteiger partial charge in [0, 0.05) is 19.6 Å². The van der Waals surface area contributed by atoms with Gasteiger partial charge in [0.15, 0.2) is 0 Å². The molecule has 0 bridgehead atoms. The van der Waals surface area contributed by atoms with E-state index in [9.17, 15) is 13.2 Å². The van der Waals surface area contributed by atoms with Crippen LogP contribution in [0.25, 0.3) is 0 Å². The number of aromatic carboxylic acids is 1. The number of nitrogens with zero attached hydrogens (tertiary/aromatic N) is 1. The molecule has 1 unspecified atom stereocenters. The Morgan fingerprint density at radius 1 is 1.43 bits per heavy atom. The minimum absolute atomic E-state index is 0.0270. The molecule has 6 nitrogen and oxygen atoms in total. The summed E-state index contributed by atoms with van der Waals surface area (Å²) in [7, 11) is -3.70. The predicted molar refractivity (Wildman–Crippen MR) is 88.2 cm³/mol. The molecular weight excluding hydrogens is 316 g/mol. The lowest BCUT2D eigenvalue weighted by atomic mass is 10.0. The highest BCUT2D eigenvalue weighted by Gasteiger charge is 2.20. The van der Waals surface area contributed by atoms with Crippen molar-refractivity contribution < 1.29 is 18.3 Å². The van der Waals surface area contributed by atoms with Crippen molar-refractivity contribution in [1.82, 2.24) is 9.62 Å². The third-order valence-corrected chi connectivity index (χ3v) is 5.79. The second-order valence-corrected chi connectivity index (χ2v) is 7.97. The molecule has 0 spiro atoms. The lowest BCUT2D eigenvalue weighted by Gasteiger charge is -2.30. The Morgan fingerprint density at radius 2 is 2.17 bits per heavy atom. The minimum atomic E-state index is -3.70. The van der Waals surface area contributed by atoms with Gasteiger partial charge in [0.2, 0.25) is 10.0 Å². The van der Waals surface area contributed by atoms with E-state index in [0.717, 1.165) is 19.5 Å². The number of piperidine rings is 1. The largest absolute Gasteiger partial charge is 0.478 e. The first kappa shape index (κ1) is 17.9. The Hall–Kier alpha value is -1.44. The Balaban J connectivity index is 2.01. The van der Waals surface area contributed by atoms with E-state index in [1.54, 1.807) is 6.92 Å². The van der Waals surface area contributed by atoms with Crippen LogP contribution in [0.5, 0.6) is 0 Å². The first-order valence-electron chi connectivity index (χ1n) is 7.85. The van der Waals surface area contributed by atoms with Crippen LogP contribution in [0.3, 0.4) is 0 Å². The number of benzene rings is 1. The molecule has 23 heavy (non-hydrogen) atoms. The number of likely N-dealkylation sites (tertiary alicyclic amines) is 1. The maximum Gasteiger partial charge on any atom is 0.335 e. The van der Waals surface area contributed by atoms with Crippen molar-refractivity contribution in [2.45, 2.75) is 31.6 Å². The number of sulfonamides is 1. The zero-order chi connectivity index (χ0) is 17.0. The molecular formula is C16H24N2O4S. The molecule has 1 fully saturated rings. The number of nitrogens with one attached hydrogen (secondary N) is 1. The maximum atomic E-state index is 12.4. The van der Waals surface area contributed by atoms with Crippen LogP contribution in [-0.4, -0.2) is 50.6 Å². The van der Waals surface area contributed by atoms with E-state index in [4.69, 9.17) is 5.11 Å². The number of carboxylic acids is 1. The van der Waals surface area contributed by atoms with Crippen molar-refractivity contribution in [2.75, 3.05) is 26.2 Å². The number of rotatable bonds is 6. The van der Waals surface area contributed by atoms with E-state index in [-0.39, 0.29) is 10.5 Å². The number of carbonyl (C=O) groups is 1. The Labute approximate surface area is 137 Å². The molecule has 0 saturated carbocycles. The van der Waals surface area contributed by atoms with Gasteiger partial charge in [-0.2, -0.15) is 0 Å². The minimum Gasteiger partial charge on any atom is -0.478 e. The fourth-order valence-corrected chi connectivity index (χ4v) is 4.22. The standard InChI is InChI=1S/C16H24N2O4S/c1-12-4-3-8-18(11-12)9-7-17-23(21,22)15-10-14(16(19)20)6-5-13(15)2/h5-6,10,12,17H,3-4,7-9,11H2,1-2H3,(H,19,20). The number of carboxylic acid groups (broad SMARTS) is 1. The van der Waals surface area contributed by atoms with E-state index in [1.165, 1.54) is 24.6 Å². The molecule has 1 heterocycles. The van der Waals surface area contributed by atoms with Gasteiger partial charge in [-0.25, -0.2) is 17.9 Å². The summed E-state index contributed by atoms with van der Waals surface area (Å²) in [5.41, 5.74) is 0.509. The topological polar surface area (TPSA) is 86.7 Å². The fourth-order valence-electron chi connectivity index (χ4n) is 2.93. The zero-order valence-corrected chi connectivity index (χ0v) is 14.4. The van der Waals surface area contributed by atoms with E-state index >= 15 is 0 Å². The first-order valence-corrected chi connectivity index (χ1v) is 9.34. The van der Waals surface area contributed by atoms with E-state index in [1.807, 2.05) is 0 Å². The summed E-state index contributed by atoms with van der Waals surface area (Å²) in [5, 5.41) is 9.02. The molecule has 1 aromatic rings. The van der Waals surface area contributed by atoms with Gasteiger partial charge in [-0.1, -0.05) is 13.0 Å². The van der Waals surface area contributed by atoms with Crippen LogP contribution < -0.4 is 4.72 Å². The van der Waals surface area contributed by atoms with E-state index in [0.29, 0.717) is 24.6 Å². The van der Waals surface area contributed by atoms with Crippen LogP contribution in [0.15, 0.2) is 23.1 Å². The quantitative estimate of drug-likeness (QED) is 0.823. The lowest BCUT2D eigenvalue weighted by molar-refractivity contribution is 0.0696. The highest BCUT2D eigenvalue weighted by atomic mass is 32.2. The maximum absolute atomic E-state index is 12.4. The summed E-state index contributed by atoms with van der Waals surface area (Å²) in [6.45, 7) is 6.85. The summed E-state index contributed by atoms with van der Waals surface area (Å²) in [6.07, 6.45) is 2.37. The highest BCUT2D eigenvalue weighted by molar-refractivity contribution is 7.89. The van der Waals surface area contributed by atoms with Crippen molar-refractivity contribution in [3.63, 3.8) is 0 Å². The van der Waals surface area contributed by atoms with Gasteiger partial charge < -0.3 is 10.0 Å². The van der Waals surface area contributed by atoms with Crippen LogP contribution in [0.2, 0.25) is 0 Å². The molecule has 1 aliphatic heterocycles. The van der Waals surface area contributed by atoms with Crippen LogP contribution >= 0.6 is 0 Å². The molecule has 2 rings (SSSR count). The van der Waals surface area contributed by atoms with Gasteiger partial charge in [0.05, 0.1) is 10.5 Å². The van der Waals surface area contributed by atoms with Crippen LogP contribution in [-0.2, 0) is 10.0 Å². The van der Waals surface area contributed by atoms with Crippen LogP contribution in [0.1, 0.15) is 35.7 Å². The second-order valence-electron chi connectivity index (χ2n) is 6.23. The molecule has 0 aromatic heterocycles. The molecule has 0 radical (unpaired) electrons. The zero-order valence-electron chi connectivity index (χ0n) is 13.6. The molecule has 1 saturated heterocycles. The van der Waals surface area contributed by atoms with E-state index in [2.05, 4.69) is 16.5 Å². The lowest BCUT2D eigenvalue weighted by Crippen LogP contribution is -2.40. The average molecular weight is 340 g/mol. The summed E-state index contributed by atoms with van der Waals surface area (Å²) >= 11 is 0. The Kier molecular flexibility index (Phi) is 5.78. The van der Waals surface area contributed by atoms with Gasteiger partial charge in [0.1, 0.15) is 0 Å². The molecule has 0 aliphatic carbocycles. The molecule has 1 aliphatic rings. The number of aryl methyl sites for hydroxylation is 1. The third-order valence-electron chi connectivity index (χ3n) is 4.19. The van der Waals surface area contributed by atoms with Crippen molar-refractivity contribution in [3.8, 4) is 0 Å². The van der Waals surface area contributed by atoms with Crippen molar-refractivity contribution >= 4 is 16.0 Å². The molecule has 2 N–H and O–H groups in total. The number of hydrogen-bond acceptors (Lipinski definition) is 4. The monoisotopic (exact) mass is 340 g/mol. The first-order chi connectivity index (χ1) is 10.8. The summed E-state index contributed by atoms with van der Waals surface area (Å²) in [5.74, 6) is -0.487. The van der Waals surface area contributed by atoms with E-state index < -0.39 is 16.0 Å². The summed E-state index contributed by atoms with van der Waals surface area (Å²) in [6, 6.07) is 4.14. The third kappa shape index (κ3) is 4.76. The van der Waals surface area contributed by atoms with Crippen molar-refractivity contribution in [2.24, 2.45) is 5.92 Å². The van der Waals surface area contributed by atoms with Crippen LogP contribution in [0.4, 0.5) is 0 Å². The van der Waals surface area contributed by atoms with Gasteiger partial charge in [-0.05, 0) is 49.9 Å². The van der Waals surface area contributed by atoms with Gasteiger partial charge in [0.25, 0.3) is 0 Å². The summed E-state index contributed by atoms with van der Waals surface area (Å²) in [4.78, 5) is 13.3. The predicted octanol–water partition coefficient (Wildman–Crippen LogP) is 1.70. The number of hydrogen-bond donors (Lipinski definition) is 2. The Bertz CT molecular complexity index is 673. The van der Waals surface area contributed by atoms with Gasteiger partial charge in [-0.3, -0.25) is 0 Å². The molecule has 0 amide bonds. The summed E-state index contributed by atoms with van der Waals surface area (Å²) < 4.78 is 27.4. The molecule has 7 heteroatoms. The van der Waals surface area contributed by atoms with Crippen molar-refractivity contribution in [1.29, 1.82) is 0 Å². The smallest absolute Gasteiger partial charge is 0.335 e. The van der Waals surface area contributed by atoms with Crippen LogP contribution in [0, 0.1) is 12.8 Å². The van der Waals surface area contributed by atoms with Crippen molar-refractivity contribution in [3.05, 3.63) is 29.3 Å². The molecule has 1 aromatic carbocycles. The Morgan fingerprint density at radius 3 is 2.83 bits per heavy atom. The molecule has 128 valence electrons. The average Bonchev–Trinajstić information content (AvgIpc) is 2.47. The normalized spacial score (nSPS) is 19.7. The van der Waals surface area contributed by atoms with Gasteiger partial charge in [-0.15, -0.1) is 0 Å². The SMILES string of the molecule is Cc1ccc(C(=O)O)cc1S(=O)(=O)NCCN1CCCC(C)C1. The molecule has 1 atom stereocenters. The highest BCUT2D eigenvalue weighted by Crippen LogP contribution is 2.18. The fraction of sp³-hybridized carbons (Fsp3) is 0.562. The second kappa shape index (κ2) is 7.42.